The molecule has 3 aromatic rings. The summed E-state index contributed by atoms with van der Waals surface area (Å²) in [5.41, 5.74) is 2.81. The predicted octanol–water partition coefficient (Wildman–Crippen LogP) is 3.98. The third-order valence-corrected chi connectivity index (χ3v) is 5.55. The molecule has 10 heteroatoms. The van der Waals surface area contributed by atoms with E-state index in [0.717, 1.165) is 18.4 Å². The van der Waals surface area contributed by atoms with Crippen LogP contribution in [-0.4, -0.2) is 63.2 Å². The lowest BCUT2D eigenvalue weighted by molar-refractivity contribution is -0.118. The number of ether oxygens (including phenoxy) is 1. The number of benzene rings is 1. The highest BCUT2D eigenvalue weighted by atomic mass is 16.5. The van der Waals surface area contributed by atoms with Crippen molar-refractivity contribution in [3.05, 3.63) is 54.4 Å². The monoisotopic (exact) mass is 493 g/mol. The Kier molecular flexibility index (Phi) is 8.88. The van der Waals surface area contributed by atoms with Crippen LogP contribution >= 0.6 is 0 Å². The van der Waals surface area contributed by atoms with E-state index in [9.17, 15) is 9.59 Å². The molecular formula is C26H35N7O3. The smallest absolute Gasteiger partial charge is 0.273 e. The molecule has 0 atom stereocenters. The predicted molar refractivity (Wildman–Crippen MR) is 141 cm³/mol. The van der Waals surface area contributed by atoms with Gasteiger partial charge in [-0.2, -0.15) is 0 Å². The van der Waals surface area contributed by atoms with Gasteiger partial charge in [-0.15, -0.1) is 5.10 Å². The van der Waals surface area contributed by atoms with Crippen LogP contribution in [0.4, 0.5) is 11.5 Å². The molecule has 2 heterocycles. The first-order valence-corrected chi connectivity index (χ1v) is 12.1. The lowest BCUT2D eigenvalue weighted by Crippen LogP contribution is -2.29. The highest BCUT2D eigenvalue weighted by molar-refractivity contribution is 5.98. The average molecular weight is 494 g/mol. The topological polar surface area (TPSA) is 108 Å². The zero-order chi connectivity index (χ0) is 26.2. The van der Waals surface area contributed by atoms with Gasteiger partial charge >= 0.3 is 0 Å². The first-order chi connectivity index (χ1) is 17.3. The van der Waals surface area contributed by atoms with Gasteiger partial charge in [-0.05, 0) is 38.1 Å². The minimum absolute atomic E-state index is 0.153. The van der Waals surface area contributed by atoms with E-state index in [1.165, 1.54) is 0 Å². The Bertz CT molecular complexity index is 1200. The third-order valence-electron chi connectivity index (χ3n) is 5.55. The summed E-state index contributed by atoms with van der Waals surface area (Å²) in [6.45, 7) is 11.0. The van der Waals surface area contributed by atoms with Crippen LogP contribution in [0.2, 0.25) is 0 Å². The van der Waals surface area contributed by atoms with Crippen LogP contribution in [0.3, 0.4) is 0 Å². The first kappa shape index (κ1) is 26.5. The number of nitrogens with one attached hydrogen (secondary N) is 2. The van der Waals surface area contributed by atoms with Crippen molar-refractivity contribution in [3.8, 4) is 17.4 Å². The van der Waals surface area contributed by atoms with Crippen LogP contribution < -0.4 is 15.0 Å². The number of aryl methyl sites for hydroxylation is 2. The minimum atomic E-state index is -0.292. The Hall–Kier alpha value is -4.08. The van der Waals surface area contributed by atoms with Crippen molar-refractivity contribution in [2.75, 3.05) is 37.0 Å². The Morgan fingerprint density at radius 1 is 1.19 bits per heavy atom. The molecule has 0 radical (unpaired) electrons. The summed E-state index contributed by atoms with van der Waals surface area (Å²) in [5.74, 6) is 0.806. The van der Waals surface area contributed by atoms with E-state index in [-0.39, 0.29) is 24.3 Å². The number of H-pyrrole nitrogens is 1. The standard InChI is InChI=1S/C26H35N7O3/c1-7-14-31(5)26(35)23-25(33(9-3)15-8-2)29-24(28-23)20-16-22(30-32(20)6)36-17-21(34)27-19-12-10-18(4)11-13-19/h9-13,16H,3,7-8,14-15,17H2,1-2,4-6H3,(H,27,34)(H,28,29). The van der Waals surface area contributed by atoms with Gasteiger partial charge in [0.15, 0.2) is 18.2 Å². The van der Waals surface area contributed by atoms with E-state index in [4.69, 9.17) is 9.72 Å². The van der Waals surface area contributed by atoms with E-state index < -0.39 is 0 Å². The molecule has 1 aromatic carbocycles. The molecule has 0 saturated carbocycles. The van der Waals surface area contributed by atoms with Gasteiger partial charge in [-0.25, -0.2) is 4.98 Å². The Balaban J connectivity index is 1.81. The Labute approximate surface area is 212 Å². The number of aromatic amines is 1. The highest BCUT2D eigenvalue weighted by Gasteiger charge is 2.25. The largest absolute Gasteiger partial charge is 0.466 e. The molecule has 0 aliphatic heterocycles. The number of hydrogen-bond acceptors (Lipinski definition) is 6. The van der Waals surface area contributed by atoms with Gasteiger partial charge in [-0.3, -0.25) is 14.3 Å². The minimum Gasteiger partial charge on any atom is -0.466 e. The molecule has 3 rings (SSSR count). The Morgan fingerprint density at radius 2 is 1.89 bits per heavy atom. The molecule has 10 nitrogen and oxygen atoms in total. The molecular weight excluding hydrogens is 458 g/mol. The normalized spacial score (nSPS) is 10.7. The SMILES string of the molecule is C=CN(CCC)c1nc(-c2cc(OCC(=O)Nc3ccc(C)cc3)nn2C)[nH]c1C(=O)N(C)CCC. The van der Waals surface area contributed by atoms with Crippen molar-refractivity contribution in [2.45, 2.75) is 33.6 Å². The van der Waals surface area contributed by atoms with Gasteiger partial charge in [0, 0.05) is 38.9 Å². The van der Waals surface area contributed by atoms with Crippen molar-refractivity contribution in [3.63, 3.8) is 0 Å². The highest BCUT2D eigenvalue weighted by Crippen LogP contribution is 2.27. The van der Waals surface area contributed by atoms with Crippen LogP contribution in [0, 0.1) is 6.92 Å². The maximum absolute atomic E-state index is 13.2. The molecule has 0 bridgehead atoms. The van der Waals surface area contributed by atoms with Crippen LogP contribution in [0.15, 0.2) is 43.1 Å². The molecule has 0 aliphatic carbocycles. The van der Waals surface area contributed by atoms with Crippen molar-refractivity contribution in [1.29, 1.82) is 0 Å². The molecule has 192 valence electrons. The maximum Gasteiger partial charge on any atom is 0.273 e. The number of carbonyl (C=O) groups excluding carboxylic acids is 2. The summed E-state index contributed by atoms with van der Waals surface area (Å²) in [4.78, 5) is 36.9. The third kappa shape index (κ3) is 6.32. The number of aromatic nitrogens is 4. The van der Waals surface area contributed by atoms with Crippen molar-refractivity contribution < 1.29 is 14.3 Å². The van der Waals surface area contributed by atoms with Gasteiger partial charge in [0.25, 0.3) is 11.8 Å². The van der Waals surface area contributed by atoms with Crippen molar-refractivity contribution >= 4 is 23.3 Å². The lowest BCUT2D eigenvalue weighted by atomic mass is 10.2. The maximum atomic E-state index is 13.2. The second kappa shape index (κ2) is 12.1. The molecule has 0 saturated heterocycles. The molecule has 0 spiro atoms. The number of imidazole rings is 1. The van der Waals surface area contributed by atoms with Gasteiger partial charge in [0.05, 0.1) is 0 Å². The first-order valence-electron chi connectivity index (χ1n) is 12.1. The summed E-state index contributed by atoms with van der Waals surface area (Å²) in [7, 11) is 3.52. The average Bonchev–Trinajstić information content (AvgIpc) is 3.45. The summed E-state index contributed by atoms with van der Waals surface area (Å²) in [6, 6.07) is 9.20. The summed E-state index contributed by atoms with van der Waals surface area (Å²) in [5, 5.41) is 7.15. The zero-order valence-electron chi connectivity index (χ0n) is 21.7. The van der Waals surface area contributed by atoms with Gasteiger partial charge in [0.1, 0.15) is 11.4 Å². The number of hydrogen-bond donors (Lipinski definition) is 2. The molecule has 0 unspecified atom stereocenters. The fourth-order valence-electron chi connectivity index (χ4n) is 3.70. The molecule has 36 heavy (non-hydrogen) atoms. The molecule has 0 aliphatic rings. The quantitative estimate of drug-likeness (QED) is 0.395. The number of nitrogens with zero attached hydrogens (tertiary/aromatic N) is 5. The molecule has 2 N–H and O–H groups in total. The van der Waals surface area contributed by atoms with E-state index >= 15 is 0 Å². The zero-order valence-corrected chi connectivity index (χ0v) is 21.7. The van der Waals surface area contributed by atoms with Crippen LogP contribution in [0.25, 0.3) is 11.5 Å². The van der Waals surface area contributed by atoms with Gasteiger partial charge in [0.2, 0.25) is 5.88 Å². The van der Waals surface area contributed by atoms with Crippen molar-refractivity contribution in [2.24, 2.45) is 7.05 Å². The molecule has 2 aromatic heterocycles. The van der Waals surface area contributed by atoms with Crippen LogP contribution in [0.1, 0.15) is 42.7 Å². The molecule has 0 fully saturated rings. The van der Waals surface area contributed by atoms with Crippen LogP contribution in [0.5, 0.6) is 5.88 Å². The second-order valence-corrected chi connectivity index (χ2v) is 8.58. The number of anilines is 2. The van der Waals surface area contributed by atoms with E-state index in [1.54, 1.807) is 35.9 Å². The summed E-state index contributed by atoms with van der Waals surface area (Å²) < 4.78 is 7.22. The second-order valence-electron chi connectivity index (χ2n) is 8.58. The number of rotatable bonds is 12. The number of carbonyl (C=O) groups is 2. The van der Waals surface area contributed by atoms with Gasteiger partial charge in [-0.1, -0.05) is 38.1 Å². The van der Waals surface area contributed by atoms with Crippen molar-refractivity contribution in [1.82, 2.24) is 24.6 Å². The van der Waals surface area contributed by atoms with E-state index in [0.29, 0.717) is 41.8 Å². The fraction of sp³-hybridized carbons (Fsp3) is 0.385. The summed E-state index contributed by atoms with van der Waals surface area (Å²) >= 11 is 0. The molecule has 2 amide bonds. The van der Waals surface area contributed by atoms with Gasteiger partial charge < -0.3 is 24.8 Å². The van der Waals surface area contributed by atoms with Crippen LogP contribution in [-0.2, 0) is 11.8 Å². The van der Waals surface area contributed by atoms with E-state index in [2.05, 4.69) is 28.9 Å². The van der Waals surface area contributed by atoms with E-state index in [1.807, 2.05) is 43.0 Å². The summed E-state index contributed by atoms with van der Waals surface area (Å²) in [6.07, 6.45) is 3.38. The number of amides is 2. The Morgan fingerprint density at radius 3 is 2.53 bits per heavy atom. The lowest BCUT2D eigenvalue weighted by Gasteiger charge is -2.20. The fourth-order valence-corrected chi connectivity index (χ4v) is 3.70.